The first-order valence-corrected chi connectivity index (χ1v) is 17.5. The lowest BCUT2D eigenvalue weighted by atomic mass is 9.84. The van der Waals surface area contributed by atoms with E-state index in [0.29, 0.717) is 0 Å². The zero-order valence-corrected chi connectivity index (χ0v) is 28.7. The summed E-state index contributed by atoms with van der Waals surface area (Å²) in [4.78, 5) is 13.3. The van der Waals surface area contributed by atoms with Crippen LogP contribution in [0.5, 0.6) is 0 Å². The Labute approximate surface area is 279 Å². The first-order valence-electron chi connectivity index (χ1n) is 17.5. The maximum atomic E-state index is 13.7. The molecule has 0 bridgehead atoms. The first kappa shape index (κ1) is 37.4. The lowest BCUT2D eigenvalue weighted by Crippen LogP contribution is -2.46. The van der Waals surface area contributed by atoms with Crippen LogP contribution in [0, 0.1) is 10.8 Å². The number of nitrogens with zero attached hydrogens (tertiary/aromatic N) is 1. The molecule has 2 heterocycles. The lowest BCUT2D eigenvalue weighted by molar-refractivity contribution is -0.169. The highest BCUT2D eigenvalue weighted by Gasteiger charge is 2.44. The van der Waals surface area contributed by atoms with E-state index in [-0.39, 0.29) is 34.4 Å². The van der Waals surface area contributed by atoms with Crippen LogP contribution in [-0.2, 0) is 36.6 Å². The number of hydrogen-bond acceptors (Lipinski definition) is 5. The average molecular weight is 662 g/mol. The van der Waals surface area contributed by atoms with Gasteiger partial charge in [0, 0.05) is 22.2 Å². The number of hydrogen-bond donors (Lipinski definition) is 0. The van der Waals surface area contributed by atoms with Crippen LogP contribution in [0.1, 0.15) is 90.2 Å². The van der Waals surface area contributed by atoms with E-state index in [1.54, 1.807) is 24.3 Å². The molecule has 2 aliphatic heterocycles. The molecule has 2 aromatic carbocycles. The Kier molecular flexibility index (Phi) is 13.7. The number of alkyl halides is 3. The van der Waals surface area contributed by atoms with Gasteiger partial charge < -0.3 is 18.9 Å². The molecule has 0 aliphatic carbocycles. The summed E-state index contributed by atoms with van der Waals surface area (Å²) in [7, 11) is 0. The van der Waals surface area contributed by atoms with Crippen LogP contribution in [0.4, 0.5) is 24.5 Å². The minimum atomic E-state index is -5.00. The van der Waals surface area contributed by atoms with Crippen molar-refractivity contribution in [3.63, 3.8) is 0 Å². The molecule has 0 spiro atoms. The van der Waals surface area contributed by atoms with Crippen molar-refractivity contribution < 1.29 is 36.9 Å². The van der Waals surface area contributed by atoms with Crippen LogP contribution >= 0.6 is 0 Å². The predicted octanol–water partition coefficient (Wildman–Crippen LogP) is 9.00. The molecule has 47 heavy (non-hydrogen) atoms. The van der Waals surface area contributed by atoms with E-state index in [1.165, 1.54) is 0 Å². The zero-order valence-electron chi connectivity index (χ0n) is 28.7. The van der Waals surface area contributed by atoms with Gasteiger partial charge in [0.2, 0.25) is 0 Å². The van der Waals surface area contributed by atoms with Crippen molar-refractivity contribution >= 4 is 17.3 Å². The predicted molar refractivity (Wildman–Crippen MR) is 179 cm³/mol. The molecule has 2 fully saturated rings. The second-order valence-corrected chi connectivity index (χ2v) is 13.9. The highest BCUT2D eigenvalue weighted by molar-refractivity contribution is 6.03. The SMILES string of the molecule is CCC1(COC(C)CCCCc2ccc(N(C(=O)C(F)(F)F)c3ccc(CCCCC(C)OCC4(CC)COC4)cc3)cc2)COC1. The van der Waals surface area contributed by atoms with Gasteiger partial charge in [0.25, 0.3) is 0 Å². The third kappa shape index (κ3) is 10.8. The highest BCUT2D eigenvalue weighted by atomic mass is 19.4. The Balaban J connectivity index is 1.24. The third-order valence-corrected chi connectivity index (χ3v) is 9.97. The molecule has 2 unspecified atom stereocenters. The Morgan fingerprint density at radius 3 is 1.40 bits per heavy atom. The summed E-state index contributed by atoms with van der Waals surface area (Å²) in [6.45, 7) is 13.1. The first-order chi connectivity index (χ1) is 22.5. The highest BCUT2D eigenvalue weighted by Crippen LogP contribution is 2.34. The number of anilines is 2. The van der Waals surface area contributed by atoms with Crippen molar-refractivity contribution in [3.8, 4) is 0 Å². The fraction of sp³-hybridized carbons (Fsp3) is 0.658. The molecule has 0 radical (unpaired) electrons. The number of benzene rings is 2. The number of aryl methyl sites for hydroxylation is 2. The smallest absolute Gasteiger partial charge is 0.380 e. The van der Waals surface area contributed by atoms with Crippen molar-refractivity contribution in [2.24, 2.45) is 10.8 Å². The van der Waals surface area contributed by atoms with Gasteiger partial charge in [0.05, 0.1) is 51.8 Å². The van der Waals surface area contributed by atoms with E-state index in [4.69, 9.17) is 18.9 Å². The summed E-state index contributed by atoms with van der Waals surface area (Å²) in [5.74, 6) is -1.90. The minimum Gasteiger partial charge on any atom is -0.380 e. The van der Waals surface area contributed by atoms with Crippen LogP contribution in [0.15, 0.2) is 48.5 Å². The van der Waals surface area contributed by atoms with Gasteiger partial charge in [-0.1, -0.05) is 51.0 Å². The van der Waals surface area contributed by atoms with E-state index in [1.807, 2.05) is 24.3 Å². The van der Waals surface area contributed by atoms with Gasteiger partial charge in [-0.05, 0) is 101 Å². The molecule has 6 nitrogen and oxygen atoms in total. The zero-order chi connectivity index (χ0) is 33.9. The minimum absolute atomic E-state index is 0.171. The van der Waals surface area contributed by atoms with E-state index >= 15 is 0 Å². The van der Waals surface area contributed by atoms with Crippen LogP contribution in [0.25, 0.3) is 0 Å². The number of carbonyl (C=O) groups is 1. The Hall–Kier alpha value is -2.46. The van der Waals surface area contributed by atoms with Crippen LogP contribution in [0.3, 0.4) is 0 Å². The van der Waals surface area contributed by atoms with Gasteiger partial charge in [-0.2, -0.15) is 13.2 Å². The van der Waals surface area contributed by atoms with Gasteiger partial charge in [0.1, 0.15) is 0 Å². The molecule has 0 N–H and O–H groups in total. The number of halogens is 3. The standard InChI is InChI=1S/C38H54F3NO5/c1-5-36(23-44-24-36)27-46-29(3)11-7-9-13-31-15-19-33(20-16-31)42(35(43)38(39,40)41)34-21-17-32(18-22-34)14-10-8-12-30(4)47-28-37(6-2)25-45-26-37/h15-22,29-30H,5-14,23-28H2,1-4H3. The van der Waals surface area contributed by atoms with Crippen molar-refractivity contribution in [1.82, 2.24) is 0 Å². The number of unbranched alkanes of at least 4 members (excludes halogenated alkanes) is 2. The van der Waals surface area contributed by atoms with E-state index in [9.17, 15) is 18.0 Å². The molecule has 0 saturated carbocycles. The number of amides is 1. The Morgan fingerprint density at radius 1 is 0.723 bits per heavy atom. The van der Waals surface area contributed by atoms with Gasteiger partial charge in [-0.3, -0.25) is 9.69 Å². The molecule has 9 heteroatoms. The molecule has 1 amide bonds. The number of ether oxygens (including phenoxy) is 4. The van der Waals surface area contributed by atoms with Crippen LogP contribution < -0.4 is 4.90 Å². The van der Waals surface area contributed by atoms with Gasteiger partial charge in [-0.25, -0.2) is 0 Å². The van der Waals surface area contributed by atoms with E-state index in [0.717, 1.165) is 120 Å². The van der Waals surface area contributed by atoms with Gasteiger partial charge in [-0.15, -0.1) is 0 Å². The molecule has 4 rings (SSSR count). The topological polar surface area (TPSA) is 57.2 Å². The molecule has 2 aromatic rings. The van der Waals surface area contributed by atoms with Crippen molar-refractivity contribution in [2.45, 2.75) is 110 Å². The average Bonchev–Trinajstić information content (AvgIpc) is 3.02. The summed E-state index contributed by atoms with van der Waals surface area (Å²) in [5.41, 5.74) is 2.80. The Morgan fingerprint density at radius 2 is 1.11 bits per heavy atom. The largest absolute Gasteiger partial charge is 0.472 e. The summed E-state index contributed by atoms with van der Waals surface area (Å²) < 4.78 is 63.9. The third-order valence-electron chi connectivity index (χ3n) is 9.97. The van der Waals surface area contributed by atoms with Gasteiger partial charge >= 0.3 is 12.1 Å². The summed E-state index contributed by atoms with van der Waals surface area (Å²) in [6, 6.07) is 13.7. The van der Waals surface area contributed by atoms with Crippen molar-refractivity contribution in [3.05, 3.63) is 59.7 Å². The van der Waals surface area contributed by atoms with Gasteiger partial charge in [0.15, 0.2) is 0 Å². The van der Waals surface area contributed by atoms with E-state index < -0.39 is 12.1 Å². The summed E-state index contributed by atoms with van der Waals surface area (Å²) in [5, 5.41) is 0. The summed E-state index contributed by atoms with van der Waals surface area (Å²) >= 11 is 0. The van der Waals surface area contributed by atoms with Crippen LogP contribution in [-0.4, -0.2) is 63.9 Å². The number of rotatable bonds is 20. The van der Waals surface area contributed by atoms with Crippen LogP contribution in [0.2, 0.25) is 0 Å². The Bertz CT molecular complexity index is 1130. The second kappa shape index (κ2) is 17.3. The maximum Gasteiger partial charge on any atom is 0.472 e. The molecule has 262 valence electrons. The molecular formula is C38H54F3NO5. The van der Waals surface area contributed by atoms with Crippen molar-refractivity contribution in [2.75, 3.05) is 44.5 Å². The lowest BCUT2D eigenvalue weighted by Gasteiger charge is -2.41. The monoisotopic (exact) mass is 661 g/mol. The molecule has 2 atom stereocenters. The molecule has 2 aliphatic rings. The fourth-order valence-electron chi connectivity index (χ4n) is 6.02. The normalized spacial score (nSPS) is 18.2. The molecular weight excluding hydrogens is 607 g/mol. The quantitative estimate of drug-likeness (QED) is 0.133. The maximum absolute atomic E-state index is 13.7. The van der Waals surface area contributed by atoms with E-state index in [2.05, 4.69) is 27.7 Å². The summed E-state index contributed by atoms with van der Waals surface area (Å²) in [6.07, 6.45) is 4.84. The molecule has 0 aromatic heterocycles. The fourth-order valence-corrected chi connectivity index (χ4v) is 6.02. The van der Waals surface area contributed by atoms with Crippen molar-refractivity contribution in [1.29, 1.82) is 0 Å². The number of carbonyl (C=O) groups excluding carboxylic acids is 1. The molecule has 2 saturated heterocycles. The second-order valence-electron chi connectivity index (χ2n) is 13.9.